The SMILES string of the molecule is c1ccn2nc(CC3CCCCC3)nc2c1. The molecule has 0 aliphatic heterocycles. The largest absolute Gasteiger partial charge is 0.221 e. The zero-order chi connectivity index (χ0) is 10.8. The van der Waals surface area contributed by atoms with Crippen molar-refractivity contribution in [2.45, 2.75) is 38.5 Å². The Hall–Kier alpha value is -1.38. The molecule has 84 valence electrons. The van der Waals surface area contributed by atoms with E-state index in [2.05, 4.69) is 10.1 Å². The van der Waals surface area contributed by atoms with Crippen molar-refractivity contribution in [1.82, 2.24) is 14.6 Å². The van der Waals surface area contributed by atoms with Crippen LogP contribution in [0.25, 0.3) is 5.65 Å². The molecule has 0 aromatic carbocycles. The first kappa shape index (κ1) is 9.82. The van der Waals surface area contributed by atoms with Crippen molar-refractivity contribution in [1.29, 1.82) is 0 Å². The van der Waals surface area contributed by atoms with Crippen molar-refractivity contribution in [2.75, 3.05) is 0 Å². The molecule has 1 fully saturated rings. The van der Waals surface area contributed by atoms with Crippen LogP contribution in [-0.2, 0) is 6.42 Å². The Balaban J connectivity index is 1.78. The summed E-state index contributed by atoms with van der Waals surface area (Å²) in [5, 5.41) is 4.51. The van der Waals surface area contributed by atoms with Gasteiger partial charge in [0.05, 0.1) is 0 Å². The lowest BCUT2D eigenvalue weighted by molar-refractivity contribution is 0.351. The number of fused-ring (bicyclic) bond motifs is 1. The van der Waals surface area contributed by atoms with Gasteiger partial charge in [0.1, 0.15) is 0 Å². The van der Waals surface area contributed by atoms with E-state index in [1.54, 1.807) is 0 Å². The van der Waals surface area contributed by atoms with Gasteiger partial charge in [-0.05, 0) is 18.1 Å². The van der Waals surface area contributed by atoms with Crippen LogP contribution < -0.4 is 0 Å². The van der Waals surface area contributed by atoms with E-state index in [4.69, 9.17) is 0 Å². The molecule has 1 saturated carbocycles. The molecular formula is C13H17N3. The summed E-state index contributed by atoms with van der Waals surface area (Å²) in [5.41, 5.74) is 0.966. The molecule has 3 nitrogen and oxygen atoms in total. The third-order valence-corrected chi connectivity index (χ3v) is 3.48. The predicted molar refractivity (Wildman–Crippen MR) is 63.3 cm³/mol. The zero-order valence-corrected chi connectivity index (χ0v) is 9.47. The number of nitrogens with zero attached hydrogens (tertiary/aromatic N) is 3. The maximum absolute atomic E-state index is 4.56. The van der Waals surface area contributed by atoms with Gasteiger partial charge in [0.2, 0.25) is 0 Å². The molecule has 0 N–H and O–H groups in total. The summed E-state index contributed by atoms with van der Waals surface area (Å²) in [5.74, 6) is 1.82. The second kappa shape index (κ2) is 4.24. The van der Waals surface area contributed by atoms with E-state index in [0.29, 0.717) is 0 Å². The van der Waals surface area contributed by atoms with E-state index in [9.17, 15) is 0 Å². The minimum atomic E-state index is 0.811. The maximum atomic E-state index is 4.56. The summed E-state index contributed by atoms with van der Waals surface area (Å²) in [6, 6.07) is 6.01. The minimum absolute atomic E-state index is 0.811. The van der Waals surface area contributed by atoms with Gasteiger partial charge in [-0.2, -0.15) is 5.10 Å². The molecule has 0 radical (unpaired) electrons. The van der Waals surface area contributed by atoms with Crippen LogP contribution in [-0.4, -0.2) is 14.6 Å². The fourth-order valence-electron chi connectivity index (χ4n) is 2.61. The topological polar surface area (TPSA) is 30.2 Å². The Bertz CT molecular complexity index is 436. The van der Waals surface area contributed by atoms with Gasteiger partial charge in [0.15, 0.2) is 11.5 Å². The Labute approximate surface area is 95.5 Å². The number of rotatable bonds is 2. The highest BCUT2D eigenvalue weighted by molar-refractivity contribution is 5.36. The molecule has 0 spiro atoms. The second-order valence-electron chi connectivity index (χ2n) is 4.74. The van der Waals surface area contributed by atoms with Crippen LogP contribution in [0.3, 0.4) is 0 Å². The van der Waals surface area contributed by atoms with Crippen molar-refractivity contribution in [2.24, 2.45) is 5.92 Å². The molecule has 0 saturated heterocycles. The van der Waals surface area contributed by atoms with Crippen LogP contribution in [0, 0.1) is 5.92 Å². The predicted octanol–water partition coefficient (Wildman–Crippen LogP) is 2.85. The number of aromatic nitrogens is 3. The Morgan fingerprint density at radius 2 is 2.06 bits per heavy atom. The van der Waals surface area contributed by atoms with Crippen molar-refractivity contribution in [3.05, 3.63) is 30.2 Å². The molecule has 0 amide bonds. The quantitative estimate of drug-likeness (QED) is 0.771. The third-order valence-electron chi connectivity index (χ3n) is 3.48. The fraction of sp³-hybridized carbons (Fsp3) is 0.538. The summed E-state index contributed by atoms with van der Waals surface area (Å²) in [7, 11) is 0. The first-order valence-electron chi connectivity index (χ1n) is 6.22. The summed E-state index contributed by atoms with van der Waals surface area (Å²) in [4.78, 5) is 4.56. The maximum Gasteiger partial charge on any atom is 0.155 e. The molecule has 1 aliphatic rings. The highest BCUT2D eigenvalue weighted by Gasteiger charge is 2.16. The minimum Gasteiger partial charge on any atom is -0.221 e. The van der Waals surface area contributed by atoms with Gasteiger partial charge in [0, 0.05) is 12.6 Å². The van der Waals surface area contributed by atoms with Crippen LogP contribution in [0.2, 0.25) is 0 Å². The fourth-order valence-corrected chi connectivity index (χ4v) is 2.61. The Morgan fingerprint density at radius 1 is 1.19 bits per heavy atom. The first-order valence-corrected chi connectivity index (χ1v) is 6.22. The van der Waals surface area contributed by atoms with Crippen LogP contribution >= 0.6 is 0 Å². The lowest BCUT2D eigenvalue weighted by Crippen LogP contribution is -2.10. The third kappa shape index (κ3) is 1.94. The van der Waals surface area contributed by atoms with Crippen molar-refractivity contribution in [3.8, 4) is 0 Å². The Morgan fingerprint density at radius 3 is 2.88 bits per heavy atom. The Kier molecular flexibility index (Phi) is 2.60. The summed E-state index contributed by atoms with van der Waals surface area (Å²) in [6.07, 6.45) is 9.92. The van der Waals surface area contributed by atoms with Gasteiger partial charge in [-0.1, -0.05) is 38.2 Å². The smallest absolute Gasteiger partial charge is 0.155 e. The number of hydrogen-bond acceptors (Lipinski definition) is 2. The zero-order valence-electron chi connectivity index (χ0n) is 9.47. The van der Waals surface area contributed by atoms with E-state index >= 15 is 0 Å². The van der Waals surface area contributed by atoms with Gasteiger partial charge in [0.25, 0.3) is 0 Å². The molecule has 2 heterocycles. The van der Waals surface area contributed by atoms with Crippen molar-refractivity contribution >= 4 is 5.65 Å². The highest BCUT2D eigenvalue weighted by atomic mass is 15.3. The van der Waals surface area contributed by atoms with E-state index in [0.717, 1.165) is 23.8 Å². The van der Waals surface area contributed by atoms with Crippen molar-refractivity contribution < 1.29 is 0 Å². The van der Waals surface area contributed by atoms with Gasteiger partial charge >= 0.3 is 0 Å². The molecule has 0 unspecified atom stereocenters. The summed E-state index contributed by atoms with van der Waals surface area (Å²) in [6.45, 7) is 0. The molecule has 0 bridgehead atoms. The molecule has 1 aliphatic carbocycles. The standard InChI is InChI=1S/C13H17N3/c1-2-6-11(7-3-1)10-12-14-13-8-4-5-9-16(13)15-12/h4-5,8-9,11H,1-3,6-7,10H2. The molecule has 0 atom stereocenters. The first-order chi connectivity index (χ1) is 7.92. The van der Waals surface area contributed by atoms with E-state index < -0.39 is 0 Å². The normalized spacial score (nSPS) is 18.0. The molecule has 2 aromatic rings. The van der Waals surface area contributed by atoms with Crippen LogP contribution in [0.15, 0.2) is 24.4 Å². The lowest BCUT2D eigenvalue weighted by atomic mass is 9.87. The van der Waals surface area contributed by atoms with Crippen LogP contribution in [0.5, 0.6) is 0 Å². The summed E-state index contributed by atoms with van der Waals surface area (Å²) >= 11 is 0. The van der Waals surface area contributed by atoms with Crippen LogP contribution in [0.4, 0.5) is 0 Å². The molecule has 16 heavy (non-hydrogen) atoms. The lowest BCUT2D eigenvalue weighted by Gasteiger charge is -2.19. The van der Waals surface area contributed by atoms with E-state index in [1.165, 1.54) is 32.1 Å². The average Bonchev–Trinajstić information content (AvgIpc) is 2.72. The van der Waals surface area contributed by atoms with Gasteiger partial charge < -0.3 is 0 Å². The van der Waals surface area contributed by atoms with Gasteiger partial charge in [-0.25, -0.2) is 9.50 Å². The number of hydrogen-bond donors (Lipinski definition) is 0. The van der Waals surface area contributed by atoms with Gasteiger partial charge in [-0.15, -0.1) is 0 Å². The molecule has 2 aromatic heterocycles. The van der Waals surface area contributed by atoms with Gasteiger partial charge in [-0.3, -0.25) is 0 Å². The summed E-state index contributed by atoms with van der Waals surface area (Å²) < 4.78 is 1.87. The highest BCUT2D eigenvalue weighted by Crippen LogP contribution is 2.25. The van der Waals surface area contributed by atoms with E-state index in [-0.39, 0.29) is 0 Å². The molecular weight excluding hydrogens is 198 g/mol. The van der Waals surface area contributed by atoms with E-state index in [1.807, 2.05) is 28.9 Å². The van der Waals surface area contributed by atoms with Crippen LogP contribution in [0.1, 0.15) is 37.9 Å². The average molecular weight is 215 g/mol. The molecule has 3 heteroatoms. The monoisotopic (exact) mass is 215 g/mol. The second-order valence-corrected chi connectivity index (χ2v) is 4.74. The molecule has 3 rings (SSSR count). The van der Waals surface area contributed by atoms with Crippen molar-refractivity contribution in [3.63, 3.8) is 0 Å². The number of pyridine rings is 1.